The van der Waals surface area contributed by atoms with E-state index in [-0.39, 0.29) is 10.6 Å². The molecule has 31 heavy (non-hydrogen) atoms. The molecule has 2 N–H and O–H groups in total. The second-order valence-corrected chi connectivity index (χ2v) is 9.51. The number of aromatic amines is 2. The Morgan fingerprint density at radius 1 is 1.00 bits per heavy atom. The fraction of sp³-hybridized carbons (Fsp3) is 0.292. The van der Waals surface area contributed by atoms with Gasteiger partial charge in [-0.3, -0.25) is 0 Å². The number of hydrogen-bond acceptors (Lipinski definition) is 3. The van der Waals surface area contributed by atoms with Crippen LogP contribution in [-0.4, -0.2) is 35.8 Å². The van der Waals surface area contributed by atoms with Gasteiger partial charge in [-0.25, -0.2) is 13.2 Å². The Hall–Kier alpha value is -2.90. The monoisotopic (exact) mass is 439 g/mol. The predicted molar refractivity (Wildman–Crippen MR) is 126 cm³/mol. The first-order chi connectivity index (χ1) is 14.9. The van der Waals surface area contributed by atoms with E-state index in [2.05, 4.69) is 35.1 Å². The van der Waals surface area contributed by atoms with Gasteiger partial charge in [-0.05, 0) is 50.8 Å². The second kappa shape index (κ2) is 10.4. The van der Waals surface area contributed by atoms with Gasteiger partial charge in [-0.1, -0.05) is 60.3 Å². The van der Waals surface area contributed by atoms with Crippen molar-refractivity contribution in [1.82, 2.24) is 14.3 Å². The molecule has 6 nitrogen and oxygen atoms in total. The summed E-state index contributed by atoms with van der Waals surface area (Å²) in [6.07, 6.45) is 19.8. The molecule has 0 saturated carbocycles. The maximum atomic E-state index is 13.0. The van der Waals surface area contributed by atoms with Crippen LogP contribution >= 0.6 is 0 Å². The number of benzene rings is 1. The molecular weight excluding hydrogens is 410 g/mol. The number of H-pyrrole nitrogens is 2. The van der Waals surface area contributed by atoms with Crippen molar-refractivity contribution in [3.8, 4) is 0 Å². The van der Waals surface area contributed by atoms with Gasteiger partial charge < -0.3 is 9.97 Å². The van der Waals surface area contributed by atoms with Gasteiger partial charge in [-0.2, -0.15) is 4.31 Å². The Morgan fingerprint density at radius 3 is 2.35 bits per heavy atom. The van der Waals surface area contributed by atoms with Crippen molar-refractivity contribution in [3.05, 3.63) is 88.9 Å². The molecule has 164 valence electrons. The quantitative estimate of drug-likeness (QED) is 0.625. The number of hydrogen-bond donors (Lipinski definition) is 2. The number of nitrogens with one attached hydrogen (secondary N) is 2. The average Bonchev–Trinajstić information content (AvgIpc) is 3.14. The molecule has 0 atom stereocenters. The van der Waals surface area contributed by atoms with E-state index >= 15 is 0 Å². The molecule has 7 heteroatoms. The Balaban J connectivity index is 1.53. The molecule has 3 rings (SSSR count). The van der Waals surface area contributed by atoms with Crippen molar-refractivity contribution in [2.75, 3.05) is 13.1 Å². The third-order valence-electron chi connectivity index (χ3n) is 5.38. The molecule has 1 aliphatic rings. The molecule has 0 aliphatic carbocycles. The highest BCUT2D eigenvalue weighted by molar-refractivity contribution is 7.89. The number of allylic oxidation sites excluding steroid dienone is 10. The van der Waals surface area contributed by atoms with Crippen LogP contribution < -0.4 is 5.69 Å². The second-order valence-electron chi connectivity index (χ2n) is 7.57. The van der Waals surface area contributed by atoms with E-state index in [1.165, 1.54) is 15.9 Å². The van der Waals surface area contributed by atoms with Crippen molar-refractivity contribution < 1.29 is 8.42 Å². The number of aromatic nitrogens is 2. The van der Waals surface area contributed by atoms with Crippen LogP contribution in [0, 0.1) is 5.92 Å². The Bertz CT molecular complexity index is 1200. The number of piperidine rings is 1. The SMILES string of the molecule is C/C=C(C)/C=C\C=C\C=C\C=C\C1CCN(S(=O)(=O)c2ccc3[nH]c(=O)[nH]c3c2)CC1. The molecule has 1 fully saturated rings. The summed E-state index contributed by atoms with van der Waals surface area (Å²) in [5.74, 6) is 0.362. The van der Waals surface area contributed by atoms with E-state index < -0.39 is 10.0 Å². The Labute approximate surface area is 183 Å². The van der Waals surface area contributed by atoms with Crippen LogP contribution in [0.4, 0.5) is 0 Å². The minimum Gasteiger partial charge on any atom is -0.306 e. The van der Waals surface area contributed by atoms with Crippen molar-refractivity contribution in [1.29, 1.82) is 0 Å². The summed E-state index contributed by atoms with van der Waals surface area (Å²) >= 11 is 0. The summed E-state index contributed by atoms with van der Waals surface area (Å²) in [6.45, 7) is 5.04. The van der Waals surface area contributed by atoms with Gasteiger partial charge in [0.15, 0.2) is 0 Å². The maximum absolute atomic E-state index is 13.0. The number of sulfonamides is 1. The minimum atomic E-state index is -3.57. The molecular formula is C24H29N3O3S. The largest absolute Gasteiger partial charge is 0.323 e. The molecule has 0 radical (unpaired) electrons. The first kappa shape index (κ1) is 22.8. The topological polar surface area (TPSA) is 86.0 Å². The van der Waals surface area contributed by atoms with Crippen LogP contribution in [0.3, 0.4) is 0 Å². The molecule has 1 aromatic carbocycles. The molecule has 0 amide bonds. The smallest absolute Gasteiger partial charge is 0.306 e. The number of fused-ring (bicyclic) bond motifs is 1. The van der Waals surface area contributed by atoms with E-state index in [4.69, 9.17) is 0 Å². The number of rotatable bonds is 7. The highest BCUT2D eigenvalue weighted by atomic mass is 32.2. The predicted octanol–water partition coefficient (Wildman–Crippen LogP) is 4.45. The van der Waals surface area contributed by atoms with Crippen LogP contribution in [0.15, 0.2) is 88.1 Å². The zero-order chi connectivity index (χ0) is 22.3. The third kappa shape index (κ3) is 6.06. The molecule has 1 aliphatic heterocycles. The number of nitrogens with zero attached hydrogens (tertiary/aromatic N) is 1. The van der Waals surface area contributed by atoms with E-state index in [0.717, 1.165) is 12.8 Å². The molecule has 1 saturated heterocycles. The van der Waals surface area contributed by atoms with E-state index in [1.54, 1.807) is 12.1 Å². The lowest BCUT2D eigenvalue weighted by Crippen LogP contribution is -2.38. The van der Waals surface area contributed by atoms with E-state index in [1.807, 2.05) is 43.4 Å². The van der Waals surface area contributed by atoms with Gasteiger partial charge in [0, 0.05) is 13.1 Å². The summed E-state index contributed by atoms with van der Waals surface area (Å²) in [7, 11) is -3.57. The van der Waals surface area contributed by atoms with Crippen molar-refractivity contribution >= 4 is 21.1 Å². The highest BCUT2D eigenvalue weighted by Crippen LogP contribution is 2.25. The fourth-order valence-corrected chi connectivity index (χ4v) is 4.91. The van der Waals surface area contributed by atoms with Crippen LogP contribution in [0.5, 0.6) is 0 Å². The van der Waals surface area contributed by atoms with Gasteiger partial charge in [0.25, 0.3) is 0 Å². The lowest BCUT2D eigenvalue weighted by molar-refractivity contribution is 0.306. The summed E-state index contributed by atoms with van der Waals surface area (Å²) in [5, 5.41) is 0. The van der Waals surface area contributed by atoms with Gasteiger partial charge >= 0.3 is 5.69 Å². The van der Waals surface area contributed by atoms with Crippen molar-refractivity contribution in [2.45, 2.75) is 31.6 Å². The first-order valence-corrected chi connectivity index (χ1v) is 11.9. The maximum Gasteiger partial charge on any atom is 0.323 e. The van der Waals surface area contributed by atoms with Crippen molar-refractivity contribution in [2.24, 2.45) is 5.92 Å². The molecule has 2 aromatic rings. The molecule has 0 unspecified atom stereocenters. The van der Waals surface area contributed by atoms with E-state index in [9.17, 15) is 13.2 Å². The molecule has 1 aromatic heterocycles. The summed E-state index contributed by atoms with van der Waals surface area (Å²) in [6, 6.07) is 4.68. The third-order valence-corrected chi connectivity index (χ3v) is 7.27. The Morgan fingerprint density at radius 2 is 1.65 bits per heavy atom. The average molecular weight is 440 g/mol. The van der Waals surface area contributed by atoms with Crippen LogP contribution in [-0.2, 0) is 10.0 Å². The Kier molecular flexibility index (Phi) is 7.65. The van der Waals surface area contributed by atoms with Crippen molar-refractivity contribution in [3.63, 3.8) is 0 Å². The highest BCUT2D eigenvalue weighted by Gasteiger charge is 2.28. The van der Waals surface area contributed by atoms with E-state index in [0.29, 0.717) is 30.0 Å². The van der Waals surface area contributed by atoms with Crippen LogP contribution in [0.1, 0.15) is 26.7 Å². The first-order valence-electron chi connectivity index (χ1n) is 10.4. The summed E-state index contributed by atoms with van der Waals surface area (Å²) in [4.78, 5) is 16.9. The summed E-state index contributed by atoms with van der Waals surface area (Å²) < 4.78 is 27.5. The lowest BCUT2D eigenvalue weighted by atomic mass is 9.98. The van der Waals surface area contributed by atoms with Gasteiger partial charge in [0.05, 0.1) is 15.9 Å². The van der Waals surface area contributed by atoms with Gasteiger partial charge in [0.1, 0.15) is 0 Å². The standard InChI is InChI=1S/C24H29N3O3S/c1-3-19(2)10-8-6-4-5-7-9-11-20-14-16-27(17-15-20)31(29,30)21-12-13-22-23(18-21)26-24(28)25-22/h3-13,18,20H,14-17H2,1-2H3,(H2,25,26,28)/b6-4+,7-5+,10-8-,11-9+,19-3+. The van der Waals surface area contributed by atoms with Gasteiger partial charge in [0.2, 0.25) is 10.0 Å². The fourth-order valence-electron chi connectivity index (χ4n) is 3.41. The lowest BCUT2D eigenvalue weighted by Gasteiger charge is -2.29. The molecule has 2 heterocycles. The normalized spacial score (nSPS) is 17.9. The summed E-state index contributed by atoms with van der Waals surface area (Å²) in [5.41, 5.74) is 1.97. The zero-order valence-corrected chi connectivity index (χ0v) is 18.7. The number of imidazole rings is 1. The molecule has 0 spiro atoms. The minimum absolute atomic E-state index is 0.206. The zero-order valence-electron chi connectivity index (χ0n) is 17.9. The molecule has 0 bridgehead atoms. The van der Waals surface area contributed by atoms with Crippen LogP contribution in [0.2, 0.25) is 0 Å². The van der Waals surface area contributed by atoms with Crippen LogP contribution in [0.25, 0.3) is 11.0 Å². The van der Waals surface area contributed by atoms with Gasteiger partial charge in [-0.15, -0.1) is 0 Å².